The fourth-order valence-electron chi connectivity index (χ4n) is 8.75. The van der Waals surface area contributed by atoms with Gasteiger partial charge < -0.3 is 29.7 Å². The molecule has 2 bridgehead atoms. The van der Waals surface area contributed by atoms with Gasteiger partial charge in [0.1, 0.15) is 23.3 Å². The number of ether oxygens (including phenoxy) is 2. The molecule has 12 nitrogen and oxygen atoms in total. The lowest BCUT2D eigenvalue weighted by molar-refractivity contribution is -0.135. The summed E-state index contributed by atoms with van der Waals surface area (Å²) in [5.74, 6) is 1.72. The molecule has 2 saturated heterocycles. The van der Waals surface area contributed by atoms with E-state index in [0.717, 1.165) is 87.9 Å². The maximum atomic E-state index is 13.6. The smallest absolute Gasteiger partial charge is 0.411 e. The Hall–Kier alpha value is -5.39. The molecule has 1 aliphatic carbocycles. The van der Waals surface area contributed by atoms with E-state index in [-0.39, 0.29) is 36.0 Å². The Morgan fingerprint density at radius 2 is 1.69 bits per heavy atom. The Morgan fingerprint density at radius 1 is 0.926 bits per heavy atom. The first-order valence-electron chi connectivity index (χ1n) is 19.1. The number of fused-ring (bicyclic) bond motifs is 5. The van der Waals surface area contributed by atoms with Crippen molar-refractivity contribution < 1.29 is 23.9 Å². The third-order valence-corrected chi connectivity index (χ3v) is 11.3. The van der Waals surface area contributed by atoms with Gasteiger partial charge in [0, 0.05) is 18.0 Å². The summed E-state index contributed by atoms with van der Waals surface area (Å²) < 4.78 is 10.6. The molecule has 3 fully saturated rings. The molecule has 3 unspecified atom stereocenters. The zero-order valence-corrected chi connectivity index (χ0v) is 31.8. The van der Waals surface area contributed by atoms with Crippen LogP contribution in [0.5, 0.6) is 0 Å². The number of carbonyl (C=O) groups excluding carboxylic acids is 3. The van der Waals surface area contributed by atoms with Gasteiger partial charge in [-0.15, -0.1) is 0 Å². The number of aromatic nitrogens is 4. The predicted octanol–water partition coefficient (Wildman–Crippen LogP) is 8.28. The number of benzene rings is 3. The van der Waals surface area contributed by atoms with Gasteiger partial charge in [0.25, 0.3) is 0 Å². The van der Waals surface area contributed by atoms with Crippen LogP contribution in [-0.2, 0) is 14.3 Å². The molecule has 12 heteroatoms. The van der Waals surface area contributed by atoms with Gasteiger partial charge in [0.15, 0.2) is 0 Å². The first-order valence-corrected chi connectivity index (χ1v) is 19.1. The summed E-state index contributed by atoms with van der Waals surface area (Å²) in [6.45, 7) is 10.2. The van der Waals surface area contributed by atoms with E-state index >= 15 is 0 Å². The average molecular weight is 732 g/mol. The number of rotatable bonds is 7. The van der Waals surface area contributed by atoms with Crippen molar-refractivity contribution in [3.05, 3.63) is 72.4 Å². The molecular formula is C42H49N7O5. The molecule has 282 valence electrons. The standard InChI is InChI=1S/C42H49N7O5/c1-23(2)34(47-40(51)53-6)39(50)48-19-7-8-33(48)37-43-22-32(45-37)25-11-9-24(10-12-25)26-14-17-30-27(20-26)15-18-31-35(30)46-38(44-31)36-28-13-16-29(21-28)49(36)41(52)54-42(3,4)5/h9-12,14-15,17-18,20,22-23,28-29,33-34,36H,7-8,13,16,19,21H2,1-6H3,(H,43,45)(H,44,46)(H,47,51)/t28?,29?,33-,34-,36?/m0/s1. The Bertz CT molecular complexity index is 2220. The molecule has 2 aromatic heterocycles. The highest BCUT2D eigenvalue weighted by atomic mass is 16.6. The summed E-state index contributed by atoms with van der Waals surface area (Å²) in [6.07, 6.45) is 5.68. The van der Waals surface area contributed by atoms with Crippen LogP contribution in [0, 0.1) is 11.8 Å². The minimum absolute atomic E-state index is 0.0966. The lowest BCUT2D eigenvalue weighted by Gasteiger charge is -2.35. The minimum Gasteiger partial charge on any atom is -0.453 e. The molecule has 8 rings (SSSR count). The monoisotopic (exact) mass is 731 g/mol. The SMILES string of the molecule is COC(=O)N[C@H](C(=O)N1CCC[C@H]1c1ncc(-c2ccc(-c3ccc4c(ccc5[nH]c(C6C7CCC(C7)N6C(=O)OC(C)(C)C)nc54)c3)cc2)[nH]1)C(C)C. The number of hydrogen-bond donors (Lipinski definition) is 3. The van der Waals surface area contributed by atoms with E-state index in [4.69, 9.17) is 19.4 Å². The van der Waals surface area contributed by atoms with Crippen molar-refractivity contribution in [3.63, 3.8) is 0 Å². The van der Waals surface area contributed by atoms with Gasteiger partial charge in [0.05, 0.1) is 42.1 Å². The summed E-state index contributed by atoms with van der Waals surface area (Å²) in [5, 5.41) is 4.86. The number of likely N-dealkylation sites (tertiary alicyclic amines) is 2. The van der Waals surface area contributed by atoms with Crippen LogP contribution in [-0.4, -0.2) is 79.2 Å². The lowest BCUT2D eigenvalue weighted by Crippen LogP contribution is -2.51. The molecule has 3 aromatic carbocycles. The number of hydrogen-bond acceptors (Lipinski definition) is 7. The van der Waals surface area contributed by atoms with E-state index in [1.807, 2.05) is 50.6 Å². The van der Waals surface area contributed by atoms with Crippen LogP contribution in [0.2, 0.25) is 0 Å². The molecule has 4 heterocycles. The summed E-state index contributed by atoms with van der Waals surface area (Å²) in [5.41, 5.74) is 5.37. The van der Waals surface area contributed by atoms with Crippen LogP contribution in [0.15, 0.2) is 60.8 Å². The lowest BCUT2D eigenvalue weighted by atomic mass is 9.98. The zero-order valence-electron chi connectivity index (χ0n) is 31.8. The van der Waals surface area contributed by atoms with E-state index in [9.17, 15) is 14.4 Å². The largest absolute Gasteiger partial charge is 0.453 e. The van der Waals surface area contributed by atoms with Crippen molar-refractivity contribution in [2.45, 2.75) is 96.5 Å². The van der Waals surface area contributed by atoms with Crippen LogP contribution in [0.1, 0.15) is 90.5 Å². The Kier molecular flexibility index (Phi) is 9.10. The number of aromatic amines is 2. The number of carbonyl (C=O) groups is 3. The van der Waals surface area contributed by atoms with E-state index in [1.54, 1.807) is 0 Å². The third kappa shape index (κ3) is 6.56. The maximum Gasteiger partial charge on any atom is 0.411 e. The van der Waals surface area contributed by atoms with E-state index < -0.39 is 17.7 Å². The van der Waals surface area contributed by atoms with Crippen LogP contribution < -0.4 is 5.32 Å². The summed E-state index contributed by atoms with van der Waals surface area (Å²) >= 11 is 0. The van der Waals surface area contributed by atoms with Crippen molar-refractivity contribution in [2.24, 2.45) is 11.8 Å². The Morgan fingerprint density at radius 3 is 2.43 bits per heavy atom. The van der Waals surface area contributed by atoms with E-state index in [0.29, 0.717) is 12.5 Å². The highest BCUT2D eigenvalue weighted by molar-refractivity contribution is 6.05. The van der Waals surface area contributed by atoms with Crippen molar-refractivity contribution in [1.29, 1.82) is 0 Å². The maximum absolute atomic E-state index is 13.6. The van der Waals surface area contributed by atoms with Gasteiger partial charge in [-0.3, -0.25) is 9.69 Å². The molecule has 2 aliphatic heterocycles. The molecule has 3 N–H and O–H groups in total. The van der Waals surface area contributed by atoms with Gasteiger partial charge in [-0.05, 0) is 98.9 Å². The predicted molar refractivity (Wildman–Crippen MR) is 206 cm³/mol. The highest BCUT2D eigenvalue weighted by Gasteiger charge is 2.51. The van der Waals surface area contributed by atoms with Gasteiger partial charge >= 0.3 is 12.2 Å². The Balaban J connectivity index is 0.999. The second kappa shape index (κ2) is 13.8. The van der Waals surface area contributed by atoms with Gasteiger partial charge in [-0.25, -0.2) is 19.6 Å². The number of nitrogens with zero attached hydrogens (tertiary/aromatic N) is 4. The zero-order chi connectivity index (χ0) is 37.9. The van der Waals surface area contributed by atoms with Gasteiger partial charge in [-0.1, -0.05) is 56.3 Å². The number of H-pyrrole nitrogens is 2. The second-order valence-electron chi connectivity index (χ2n) is 16.4. The van der Waals surface area contributed by atoms with Gasteiger partial charge in [0.2, 0.25) is 5.91 Å². The Labute approximate surface area is 315 Å². The summed E-state index contributed by atoms with van der Waals surface area (Å²) in [4.78, 5) is 59.5. The van der Waals surface area contributed by atoms with Crippen molar-refractivity contribution >= 4 is 39.9 Å². The summed E-state index contributed by atoms with van der Waals surface area (Å²) in [7, 11) is 1.30. The summed E-state index contributed by atoms with van der Waals surface area (Å²) in [6, 6.07) is 18.3. The van der Waals surface area contributed by atoms with E-state index in [1.165, 1.54) is 7.11 Å². The van der Waals surface area contributed by atoms with Crippen molar-refractivity contribution in [1.82, 2.24) is 35.1 Å². The van der Waals surface area contributed by atoms with Crippen LogP contribution >= 0.6 is 0 Å². The number of nitrogens with one attached hydrogen (secondary N) is 3. The molecule has 3 amide bonds. The number of amides is 3. The van der Waals surface area contributed by atoms with Gasteiger partial charge in [-0.2, -0.15) is 0 Å². The molecule has 1 saturated carbocycles. The quantitative estimate of drug-likeness (QED) is 0.153. The molecule has 5 atom stereocenters. The van der Waals surface area contributed by atoms with Crippen molar-refractivity contribution in [2.75, 3.05) is 13.7 Å². The fourth-order valence-corrected chi connectivity index (χ4v) is 8.75. The first kappa shape index (κ1) is 35.6. The topological polar surface area (TPSA) is 146 Å². The normalized spacial score (nSPS) is 21.7. The van der Waals surface area contributed by atoms with Crippen LogP contribution in [0.25, 0.3) is 44.2 Å². The molecule has 3 aliphatic rings. The average Bonchev–Trinajstić information content (AvgIpc) is 3.99. The van der Waals surface area contributed by atoms with Crippen LogP contribution in [0.4, 0.5) is 9.59 Å². The number of methoxy groups -OCH3 is 1. The second-order valence-corrected chi connectivity index (χ2v) is 16.4. The molecule has 54 heavy (non-hydrogen) atoms. The number of piperidine rings is 1. The molecule has 5 aromatic rings. The third-order valence-electron chi connectivity index (χ3n) is 11.3. The molecule has 0 radical (unpaired) electrons. The molecular weight excluding hydrogens is 683 g/mol. The highest BCUT2D eigenvalue weighted by Crippen LogP contribution is 2.50. The van der Waals surface area contributed by atoms with E-state index in [2.05, 4.69) is 69.9 Å². The minimum atomic E-state index is -0.679. The van der Waals surface area contributed by atoms with Crippen molar-refractivity contribution in [3.8, 4) is 22.4 Å². The van der Waals surface area contributed by atoms with Crippen LogP contribution in [0.3, 0.4) is 0 Å². The number of imidazole rings is 2. The number of alkyl carbamates (subject to hydrolysis) is 1. The fraction of sp³-hybridized carbons (Fsp3) is 0.452. The molecule has 0 spiro atoms. The first-order chi connectivity index (χ1) is 25.9.